The number of piperidine rings is 1. The predicted molar refractivity (Wildman–Crippen MR) is 64.7 cm³/mol. The van der Waals surface area contributed by atoms with Crippen molar-refractivity contribution in [3.8, 4) is 0 Å². The minimum atomic E-state index is -2.71. The average Bonchev–Trinajstić information content (AvgIpc) is 2.37. The Morgan fingerprint density at radius 1 is 1.28 bits per heavy atom. The maximum absolute atomic E-state index is 13.3. The van der Waals surface area contributed by atoms with Crippen LogP contribution in [0.25, 0.3) is 0 Å². The number of likely N-dealkylation sites (tertiary alicyclic amines) is 1. The standard InChI is InChI=1S/C12H21F2N3O/c1-10(16-7-4-15-5-8-16)11(18)17-6-2-3-12(13,14)9-17/h10,15H,2-9H2,1H3. The van der Waals surface area contributed by atoms with E-state index in [1.54, 1.807) is 0 Å². The minimum Gasteiger partial charge on any atom is -0.335 e. The molecular formula is C12H21F2N3O. The van der Waals surface area contributed by atoms with Gasteiger partial charge in [-0.05, 0) is 13.3 Å². The molecule has 6 heteroatoms. The van der Waals surface area contributed by atoms with Crippen LogP contribution in [0.2, 0.25) is 0 Å². The van der Waals surface area contributed by atoms with Crippen LogP contribution in [0.5, 0.6) is 0 Å². The summed E-state index contributed by atoms with van der Waals surface area (Å²) in [5.41, 5.74) is 0. The summed E-state index contributed by atoms with van der Waals surface area (Å²) in [5.74, 6) is -2.87. The highest BCUT2D eigenvalue weighted by Crippen LogP contribution is 2.27. The fourth-order valence-electron chi connectivity index (χ4n) is 2.64. The molecule has 1 atom stereocenters. The maximum Gasteiger partial charge on any atom is 0.265 e. The smallest absolute Gasteiger partial charge is 0.265 e. The molecular weight excluding hydrogens is 240 g/mol. The summed E-state index contributed by atoms with van der Waals surface area (Å²) in [7, 11) is 0. The number of alkyl halides is 2. The van der Waals surface area contributed by atoms with Crippen molar-refractivity contribution >= 4 is 5.91 Å². The van der Waals surface area contributed by atoms with Crippen molar-refractivity contribution in [1.82, 2.24) is 15.1 Å². The molecule has 0 spiro atoms. The van der Waals surface area contributed by atoms with Crippen LogP contribution in [-0.4, -0.2) is 66.9 Å². The summed E-state index contributed by atoms with van der Waals surface area (Å²) in [6, 6.07) is -0.291. The van der Waals surface area contributed by atoms with Gasteiger partial charge in [-0.1, -0.05) is 0 Å². The number of rotatable bonds is 2. The van der Waals surface area contributed by atoms with Gasteiger partial charge in [0.2, 0.25) is 5.91 Å². The number of piperazine rings is 1. The summed E-state index contributed by atoms with van der Waals surface area (Å²) in [6.07, 6.45) is 0.297. The lowest BCUT2D eigenvalue weighted by molar-refractivity contribution is -0.146. The van der Waals surface area contributed by atoms with E-state index in [9.17, 15) is 13.6 Å². The fourth-order valence-corrected chi connectivity index (χ4v) is 2.64. The summed E-state index contributed by atoms with van der Waals surface area (Å²) in [5, 5.41) is 3.21. The lowest BCUT2D eigenvalue weighted by Gasteiger charge is -2.38. The first-order valence-electron chi connectivity index (χ1n) is 6.61. The Labute approximate surface area is 106 Å². The molecule has 0 aromatic carbocycles. The third-order valence-corrected chi connectivity index (χ3v) is 3.76. The first kappa shape index (κ1) is 13.7. The van der Waals surface area contributed by atoms with E-state index in [4.69, 9.17) is 0 Å². The molecule has 0 saturated carbocycles. The SMILES string of the molecule is CC(C(=O)N1CCCC(F)(F)C1)N1CCNCC1. The molecule has 2 aliphatic heterocycles. The monoisotopic (exact) mass is 261 g/mol. The molecule has 104 valence electrons. The van der Waals surface area contributed by atoms with E-state index in [1.807, 2.05) is 6.92 Å². The van der Waals surface area contributed by atoms with E-state index in [0.29, 0.717) is 13.0 Å². The van der Waals surface area contributed by atoms with E-state index in [-0.39, 0.29) is 18.4 Å². The second kappa shape index (κ2) is 5.48. The molecule has 2 heterocycles. The Balaban J connectivity index is 1.93. The maximum atomic E-state index is 13.3. The normalized spacial score (nSPS) is 26.9. The van der Waals surface area contributed by atoms with Gasteiger partial charge in [0.15, 0.2) is 0 Å². The van der Waals surface area contributed by atoms with Gasteiger partial charge in [0, 0.05) is 39.1 Å². The van der Waals surface area contributed by atoms with Crippen LogP contribution in [0.4, 0.5) is 8.78 Å². The molecule has 0 aliphatic carbocycles. The Bertz CT molecular complexity index is 306. The highest BCUT2D eigenvalue weighted by molar-refractivity contribution is 5.81. The third-order valence-electron chi connectivity index (χ3n) is 3.76. The number of hydrogen-bond donors (Lipinski definition) is 1. The van der Waals surface area contributed by atoms with E-state index in [1.165, 1.54) is 4.90 Å². The van der Waals surface area contributed by atoms with Crippen molar-refractivity contribution in [2.24, 2.45) is 0 Å². The number of carbonyl (C=O) groups is 1. The van der Waals surface area contributed by atoms with Crippen LogP contribution in [0.3, 0.4) is 0 Å². The number of carbonyl (C=O) groups excluding carboxylic acids is 1. The van der Waals surface area contributed by atoms with Crippen LogP contribution in [0.15, 0.2) is 0 Å². The van der Waals surface area contributed by atoms with Crippen molar-refractivity contribution in [1.29, 1.82) is 0 Å². The minimum absolute atomic E-state index is 0.0984. The van der Waals surface area contributed by atoms with Gasteiger partial charge >= 0.3 is 0 Å². The van der Waals surface area contributed by atoms with Gasteiger partial charge in [-0.25, -0.2) is 8.78 Å². The molecule has 1 unspecified atom stereocenters. The molecule has 2 aliphatic rings. The largest absolute Gasteiger partial charge is 0.335 e. The lowest BCUT2D eigenvalue weighted by Crippen LogP contribution is -2.56. The number of halogens is 2. The van der Waals surface area contributed by atoms with Crippen LogP contribution in [-0.2, 0) is 4.79 Å². The van der Waals surface area contributed by atoms with Crippen molar-refractivity contribution < 1.29 is 13.6 Å². The number of hydrogen-bond acceptors (Lipinski definition) is 3. The van der Waals surface area contributed by atoms with Gasteiger partial charge in [-0.3, -0.25) is 9.69 Å². The van der Waals surface area contributed by atoms with Gasteiger partial charge < -0.3 is 10.2 Å². The summed E-state index contributed by atoms with van der Waals surface area (Å²) in [4.78, 5) is 15.6. The molecule has 0 radical (unpaired) electrons. The number of nitrogens with zero attached hydrogens (tertiary/aromatic N) is 2. The molecule has 1 amide bonds. The van der Waals surface area contributed by atoms with Gasteiger partial charge in [-0.15, -0.1) is 0 Å². The van der Waals surface area contributed by atoms with Crippen LogP contribution in [0.1, 0.15) is 19.8 Å². The van der Waals surface area contributed by atoms with Crippen molar-refractivity contribution in [2.45, 2.75) is 31.7 Å². The first-order valence-corrected chi connectivity index (χ1v) is 6.61. The Kier molecular flexibility index (Phi) is 4.17. The first-order chi connectivity index (χ1) is 8.49. The average molecular weight is 261 g/mol. The molecule has 0 bridgehead atoms. The van der Waals surface area contributed by atoms with Gasteiger partial charge in [0.1, 0.15) is 0 Å². The van der Waals surface area contributed by atoms with Gasteiger partial charge in [0.05, 0.1) is 12.6 Å². The van der Waals surface area contributed by atoms with E-state index in [2.05, 4.69) is 10.2 Å². The second-order valence-corrected chi connectivity index (χ2v) is 5.18. The Hall–Kier alpha value is -0.750. The highest BCUT2D eigenvalue weighted by Gasteiger charge is 2.39. The molecule has 18 heavy (non-hydrogen) atoms. The molecule has 4 nitrogen and oxygen atoms in total. The quantitative estimate of drug-likeness (QED) is 0.788. The number of nitrogens with one attached hydrogen (secondary N) is 1. The Morgan fingerprint density at radius 2 is 1.94 bits per heavy atom. The third kappa shape index (κ3) is 3.17. The lowest BCUT2D eigenvalue weighted by atomic mass is 10.1. The van der Waals surface area contributed by atoms with Crippen molar-refractivity contribution in [3.05, 3.63) is 0 Å². The molecule has 2 rings (SSSR count). The second-order valence-electron chi connectivity index (χ2n) is 5.18. The topological polar surface area (TPSA) is 35.6 Å². The van der Waals surface area contributed by atoms with E-state index in [0.717, 1.165) is 26.2 Å². The zero-order valence-electron chi connectivity index (χ0n) is 10.8. The van der Waals surface area contributed by atoms with Crippen LogP contribution < -0.4 is 5.32 Å². The summed E-state index contributed by atoms with van der Waals surface area (Å²) in [6.45, 7) is 5.18. The van der Waals surface area contributed by atoms with Crippen LogP contribution in [0, 0.1) is 0 Å². The van der Waals surface area contributed by atoms with E-state index >= 15 is 0 Å². The fraction of sp³-hybridized carbons (Fsp3) is 0.917. The Morgan fingerprint density at radius 3 is 2.56 bits per heavy atom. The predicted octanol–water partition coefficient (Wildman–Crippen LogP) is 0.538. The van der Waals surface area contributed by atoms with E-state index < -0.39 is 12.5 Å². The number of amides is 1. The molecule has 2 saturated heterocycles. The van der Waals surface area contributed by atoms with Crippen molar-refractivity contribution in [3.63, 3.8) is 0 Å². The zero-order chi connectivity index (χ0) is 13.2. The van der Waals surface area contributed by atoms with Gasteiger partial charge in [0.25, 0.3) is 5.92 Å². The molecule has 1 N–H and O–H groups in total. The molecule has 2 fully saturated rings. The summed E-state index contributed by atoms with van der Waals surface area (Å²) >= 11 is 0. The molecule has 0 aromatic rings. The zero-order valence-corrected chi connectivity index (χ0v) is 10.8. The highest BCUT2D eigenvalue weighted by atomic mass is 19.3. The van der Waals surface area contributed by atoms with Crippen molar-refractivity contribution in [2.75, 3.05) is 39.3 Å². The molecule has 0 aromatic heterocycles. The summed E-state index contributed by atoms with van der Waals surface area (Å²) < 4.78 is 26.6. The van der Waals surface area contributed by atoms with Gasteiger partial charge in [-0.2, -0.15) is 0 Å². The van der Waals surface area contributed by atoms with Crippen LogP contribution >= 0.6 is 0 Å².